The summed E-state index contributed by atoms with van der Waals surface area (Å²) in [6.07, 6.45) is 1.28. The van der Waals surface area contributed by atoms with Crippen molar-refractivity contribution in [3.05, 3.63) is 67.4 Å². The first-order valence-electron chi connectivity index (χ1n) is 6.80. The molecule has 122 valence electrons. The van der Waals surface area contributed by atoms with Gasteiger partial charge in [-0.1, -0.05) is 29.3 Å². The standard InChI is InChI=1S/C17H12Cl2IN3O/c1-10-7-12(20)5-6-15(10)23-17(24)11(8-21)9-22-16-13(18)3-2-4-14(16)19/h2-7,9,22H,1H3,(H,23,24)/b11-9-. The number of carbonyl (C=O) groups excluding carboxylic acids is 1. The van der Waals surface area contributed by atoms with Crippen molar-refractivity contribution < 1.29 is 4.79 Å². The number of rotatable bonds is 4. The van der Waals surface area contributed by atoms with E-state index in [1.165, 1.54) is 6.20 Å². The zero-order valence-electron chi connectivity index (χ0n) is 12.5. The van der Waals surface area contributed by atoms with Gasteiger partial charge >= 0.3 is 0 Å². The van der Waals surface area contributed by atoms with E-state index in [0.717, 1.165) is 9.13 Å². The molecular weight excluding hydrogens is 460 g/mol. The van der Waals surface area contributed by atoms with E-state index in [1.807, 2.05) is 25.1 Å². The Morgan fingerprint density at radius 3 is 2.50 bits per heavy atom. The summed E-state index contributed by atoms with van der Waals surface area (Å²) in [6, 6.07) is 12.5. The van der Waals surface area contributed by atoms with Gasteiger partial charge in [0.05, 0.1) is 15.7 Å². The molecule has 0 saturated heterocycles. The number of halogens is 3. The first kappa shape index (κ1) is 18.6. The molecule has 2 aromatic rings. The van der Waals surface area contributed by atoms with E-state index in [0.29, 0.717) is 21.4 Å². The molecule has 0 aliphatic carbocycles. The van der Waals surface area contributed by atoms with Crippen molar-refractivity contribution in [3.8, 4) is 6.07 Å². The predicted molar refractivity (Wildman–Crippen MR) is 106 cm³/mol. The summed E-state index contributed by atoms with van der Waals surface area (Å²) in [5.74, 6) is -0.516. The van der Waals surface area contributed by atoms with Crippen LogP contribution in [0.2, 0.25) is 10.0 Å². The zero-order chi connectivity index (χ0) is 17.7. The molecule has 0 fully saturated rings. The molecule has 0 spiro atoms. The number of carbonyl (C=O) groups is 1. The lowest BCUT2D eigenvalue weighted by molar-refractivity contribution is -0.112. The van der Waals surface area contributed by atoms with E-state index >= 15 is 0 Å². The molecule has 2 N–H and O–H groups in total. The van der Waals surface area contributed by atoms with Crippen molar-refractivity contribution in [2.45, 2.75) is 6.92 Å². The summed E-state index contributed by atoms with van der Waals surface area (Å²) in [5, 5.41) is 15.5. The molecule has 0 bridgehead atoms. The normalized spacial score (nSPS) is 10.9. The maximum Gasteiger partial charge on any atom is 0.267 e. The van der Waals surface area contributed by atoms with Crippen LogP contribution in [0.4, 0.5) is 11.4 Å². The number of aryl methyl sites for hydroxylation is 1. The largest absolute Gasteiger partial charge is 0.358 e. The number of amides is 1. The first-order valence-corrected chi connectivity index (χ1v) is 8.64. The third kappa shape index (κ3) is 4.63. The van der Waals surface area contributed by atoms with Gasteiger partial charge < -0.3 is 10.6 Å². The Bertz CT molecular complexity index is 839. The van der Waals surface area contributed by atoms with Crippen LogP contribution in [0, 0.1) is 21.8 Å². The molecular formula is C17H12Cl2IN3O. The average molecular weight is 472 g/mol. The van der Waals surface area contributed by atoms with E-state index in [-0.39, 0.29) is 5.57 Å². The van der Waals surface area contributed by atoms with Crippen LogP contribution in [0.25, 0.3) is 0 Å². The number of hydrogen-bond acceptors (Lipinski definition) is 3. The van der Waals surface area contributed by atoms with Crippen LogP contribution in [0.3, 0.4) is 0 Å². The Morgan fingerprint density at radius 1 is 1.25 bits per heavy atom. The van der Waals surface area contributed by atoms with E-state index in [9.17, 15) is 10.1 Å². The summed E-state index contributed by atoms with van der Waals surface area (Å²) in [7, 11) is 0. The van der Waals surface area contributed by atoms with Gasteiger partial charge in [-0.25, -0.2) is 0 Å². The highest BCUT2D eigenvalue weighted by atomic mass is 127. The second-order valence-electron chi connectivity index (χ2n) is 4.82. The Labute approximate surface area is 163 Å². The monoisotopic (exact) mass is 471 g/mol. The Kier molecular flexibility index (Phi) is 6.49. The van der Waals surface area contributed by atoms with E-state index in [4.69, 9.17) is 23.2 Å². The second-order valence-corrected chi connectivity index (χ2v) is 6.88. The van der Waals surface area contributed by atoms with Crippen molar-refractivity contribution in [2.24, 2.45) is 0 Å². The van der Waals surface area contributed by atoms with Gasteiger partial charge in [-0.05, 0) is 65.4 Å². The topological polar surface area (TPSA) is 64.9 Å². The lowest BCUT2D eigenvalue weighted by atomic mass is 10.2. The Hall–Kier alpha value is -1.75. The minimum absolute atomic E-state index is 0.0936. The van der Waals surface area contributed by atoms with Gasteiger partial charge in [0, 0.05) is 15.5 Å². The SMILES string of the molecule is Cc1cc(I)ccc1NC(=O)/C(C#N)=C\Nc1c(Cl)cccc1Cl. The molecule has 0 saturated carbocycles. The molecule has 0 radical (unpaired) electrons. The lowest BCUT2D eigenvalue weighted by Gasteiger charge is -2.09. The number of nitriles is 1. The van der Waals surface area contributed by atoms with Crippen LogP contribution < -0.4 is 10.6 Å². The van der Waals surface area contributed by atoms with Crippen molar-refractivity contribution in [1.82, 2.24) is 0 Å². The Balaban J connectivity index is 2.18. The number of nitrogens with one attached hydrogen (secondary N) is 2. The minimum atomic E-state index is -0.516. The summed E-state index contributed by atoms with van der Waals surface area (Å²) >= 11 is 14.3. The third-order valence-corrected chi connectivity index (χ3v) is 4.43. The molecule has 0 heterocycles. The van der Waals surface area contributed by atoms with Gasteiger partial charge in [0.25, 0.3) is 5.91 Å². The molecule has 0 atom stereocenters. The molecule has 2 aromatic carbocycles. The number of nitrogens with zero attached hydrogens (tertiary/aromatic N) is 1. The maximum atomic E-state index is 12.3. The number of anilines is 2. The summed E-state index contributed by atoms with van der Waals surface area (Å²) in [5.41, 5.74) is 1.91. The van der Waals surface area contributed by atoms with Crippen LogP contribution in [0.15, 0.2) is 48.2 Å². The molecule has 0 unspecified atom stereocenters. The third-order valence-electron chi connectivity index (χ3n) is 3.13. The minimum Gasteiger partial charge on any atom is -0.358 e. The zero-order valence-corrected chi connectivity index (χ0v) is 16.2. The van der Waals surface area contributed by atoms with E-state index in [2.05, 4.69) is 33.2 Å². The highest BCUT2D eigenvalue weighted by Gasteiger charge is 2.12. The van der Waals surface area contributed by atoms with Crippen molar-refractivity contribution in [1.29, 1.82) is 5.26 Å². The van der Waals surface area contributed by atoms with Crippen LogP contribution in [-0.4, -0.2) is 5.91 Å². The molecule has 4 nitrogen and oxygen atoms in total. The van der Waals surface area contributed by atoms with Gasteiger partial charge in [-0.2, -0.15) is 5.26 Å². The first-order chi connectivity index (χ1) is 11.4. The van der Waals surface area contributed by atoms with Crippen LogP contribution in [-0.2, 0) is 4.79 Å². The highest BCUT2D eigenvalue weighted by Crippen LogP contribution is 2.30. The number of benzene rings is 2. The average Bonchev–Trinajstić information content (AvgIpc) is 2.53. The molecule has 0 aromatic heterocycles. The molecule has 24 heavy (non-hydrogen) atoms. The van der Waals surface area contributed by atoms with Gasteiger partial charge in [0.15, 0.2) is 0 Å². The van der Waals surface area contributed by atoms with Crippen molar-refractivity contribution in [3.63, 3.8) is 0 Å². The van der Waals surface area contributed by atoms with Crippen LogP contribution in [0.5, 0.6) is 0 Å². The summed E-state index contributed by atoms with van der Waals surface area (Å²) < 4.78 is 1.06. The molecule has 2 rings (SSSR count). The van der Waals surface area contributed by atoms with Gasteiger partial charge in [-0.15, -0.1) is 0 Å². The highest BCUT2D eigenvalue weighted by molar-refractivity contribution is 14.1. The van der Waals surface area contributed by atoms with Crippen molar-refractivity contribution in [2.75, 3.05) is 10.6 Å². The number of hydrogen-bond donors (Lipinski definition) is 2. The molecule has 1 amide bonds. The van der Waals surface area contributed by atoms with Crippen LogP contribution in [0.1, 0.15) is 5.56 Å². The van der Waals surface area contributed by atoms with Crippen LogP contribution >= 0.6 is 45.8 Å². The quantitative estimate of drug-likeness (QED) is 0.358. The van der Waals surface area contributed by atoms with Gasteiger partial charge in [-0.3, -0.25) is 4.79 Å². The smallest absolute Gasteiger partial charge is 0.267 e. The molecule has 7 heteroatoms. The Morgan fingerprint density at radius 2 is 1.92 bits per heavy atom. The van der Waals surface area contributed by atoms with E-state index < -0.39 is 5.91 Å². The second kappa shape index (κ2) is 8.38. The fourth-order valence-corrected chi connectivity index (χ4v) is 3.04. The summed E-state index contributed by atoms with van der Waals surface area (Å²) in [4.78, 5) is 12.3. The van der Waals surface area contributed by atoms with E-state index in [1.54, 1.807) is 24.3 Å². The van der Waals surface area contributed by atoms with Gasteiger partial charge in [0.1, 0.15) is 11.6 Å². The molecule has 0 aliphatic heterocycles. The number of para-hydroxylation sites is 1. The van der Waals surface area contributed by atoms with Gasteiger partial charge in [0.2, 0.25) is 0 Å². The fourth-order valence-electron chi connectivity index (χ4n) is 1.89. The maximum absolute atomic E-state index is 12.3. The predicted octanol–water partition coefficient (Wildman–Crippen LogP) is 5.36. The lowest BCUT2D eigenvalue weighted by Crippen LogP contribution is -2.15. The summed E-state index contributed by atoms with van der Waals surface area (Å²) in [6.45, 7) is 1.88. The molecule has 0 aliphatic rings. The fraction of sp³-hybridized carbons (Fsp3) is 0.0588. The van der Waals surface area contributed by atoms with Crippen molar-refractivity contribution >= 4 is 63.1 Å².